The topological polar surface area (TPSA) is 75.9 Å². The standard InChI is InChI=1S/C17H24N6O/c1-12(2)16(24)18-14-5-4-10-22(11-14)17-19-20-21-23(17)15-8-6-13(3)7-9-15/h6-9,12,14H,4-5,10-11H2,1-3H3,(H,18,24). The molecule has 1 unspecified atom stereocenters. The maximum atomic E-state index is 11.9. The van der Waals surface area contributed by atoms with Gasteiger partial charge in [-0.15, -0.1) is 0 Å². The normalized spacial score (nSPS) is 18.0. The quantitative estimate of drug-likeness (QED) is 0.925. The molecule has 3 rings (SSSR count). The van der Waals surface area contributed by atoms with Crippen LogP contribution in [0.15, 0.2) is 24.3 Å². The van der Waals surface area contributed by atoms with E-state index < -0.39 is 0 Å². The number of anilines is 1. The average Bonchev–Trinajstić information content (AvgIpc) is 3.05. The fourth-order valence-corrected chi connectivity index (χ4v) is 2.88. The minimum atomic E-state index is -0.00162. The summed E-state index contributed by atoms with van der Waals surface area (Å²) in [6.07, 6.45) is 1.99. The number of nitrogens with one attached hydrogen (secondary N) is 1. The molecule has 1 aromatic heterocycles. The highest BCUT2D eigenvalue weighted by Crippen LogP contribution is 2.20. The lowest BCUT2D eigenvalue weighted by atomic mass is 10.0. The van der Waals surface area contributed by atoms with Gasteiger partial charge in [-0.3, -0.25) is 4.79 Å². The third-order valence-electron chi connectivity index (χ3n) is 4.31. The van der Waals surface area contributed by atoms with E-state index in [0.717, 1.165) is 37.6 Å². The van der Waals surface area contributed by atoms with Crippen LogP contribution < -0.4 is 10.2 Å². The van der Waals surface area contributed by atoms with Gasteiger partial charge in [-0.2, -0.15) is 4.68 Å². The maximum Gasteiger partial charge on any atom is 0.250 e. The number of tetrazole rings is 1. The molecule has 24 heavy (non-hydrogen) atoms. The lowest BCUT2D eigenvalue weighted by molar-refractivity contribution is -0.124. The van der Waals surface area contributed by atoms with Crippen molar-refractivity contribution in [3.8, 4) is 5.69 Å². The van der Waals surface area contributed by atoms with Crippen molar-refractivity contribution >= 4 is 11.9 Å². The molecule has 0 bridgehead atoms. The molecule has 1 aliphatic heterocycles. The number of benzene rings is 1. The van der Waals surface area contributed by atoms with Crippen molar-refractivity contribution in [3.63, 3.8) is 0 Å². The Bertz CT molecular complexity index is 693. The van der Waals surface area contributed by atoms with Crippen molar-refractivity contribution in [1.29, 1.82) is 0 Å². The van der Waals surface area contributed by atoms with Crippen molar-refractivity contribution in [2.75, 3.05) is 18.0 Å². The summed E-state index contributed by atoms with van der Waals surface area (Å²) in [5.41, 5.74) is 2.14. The van der Waals surface area contributed by atoms with Crippen molar-refractivity contribution in [2.45, 2.75) is 39.7 Å². The summed E-state index contributed by atoms with van der Waals surface area (Å²) in [4.78, 5) is 14.1. The molecule has 2 aromatic rings. The molecule has 1 aliphatic rings. The number of nitrogens with zero attached hydrogens (tertiary/aromatic N) is 5. The monoisotopic (exact) mass is 328 g/mol. The van der Waals surface area contributed by atoms with Gasteiger partial charge in [-0.1, -0.05) is 36.6 Å². The van der Waals surface area contributed by atoms with E-state index in [1.165, 1.54) is 5.56 Å². The van der Waals surface area contributed by atoms with Crippen LogP contribution in [0.25, 0.3) is 5.69 Å². The molecular formula is C17H24N6O. The third kappa shape index (κ3) is 3.55. The van der Waals surface area contributed by atoms with E-state index in [0.29, 0.717) is 0 Å². The number of carbonyl (C=O) groups is 1. The van der Waals surface area contributed by atoms with Crippen LogP contribution in [0.2, 0.25) is 0 Å². The molecule has 1 atom stereocenters. The van der Waals surface area contributed by atoms with Gasteiger partial charge in [0.05, 0.1) is 5.69 Å². The zero-order valence-corrected chi connectivity index (χ0v) is 14.4. The molecular weight excluding hydrogens is 304 g/mol. The summed E-state index contributed by atoms with van der Waals surface area (Å²) in [7, 11) is 0. The highest BCUT2D eigenvalue weighted by atomic mass is 16.1. The SMILES string of the molecule is Cc1ccc(-n2nnnc2N2CCCC(NC(=O)C(C)C)C2)cc1. The first-order valence-corrected chi connectivity index (χ1v) is 8.45. The molecule has 1 aromatic carbocycles. The number of piperidine rings is 1. The third-order valence-corrected chi connectivity index (χ3v) is 4.31. The summed E-state index contributed by atoms with van der Waals surface area (Å²) >= 11 is 0. The predicted molar refractivity (Wildman–Crippen MR) is 92.1 cm³/mol. The number of hydrogen-bond donors (Lipinski definition) is 1. The lowest BCUT2D eigenvalue weighted by Crippen LogP contribution is -2.49. The van der Waals surface area contributed by atoms with Crippen LogP contribution in [0.5, 0.6) is 0 Å². The minimum Gasteiger partial charge on any atom is -0.351 e. The second kappa shape index (κ2) is 6.98. The first-order chi connectivity index (χ1) is 11.5. The molecule has 2 heterocycles. The zero-order valence-electron chi connectivity index (χ0n) is 14.4. The van der Waals surface area contributed by atoms with Crippen LogP contribution >= 0.6 is 0 Å². The molecule has 0 saturated carbocycles. The van der Waals surface area contributed by atoms with Crippen LogP contribution in [0.3, 0.4) is 0 Å². The molecule has 7 heteroatoms. The van der Waals surface area contributed by atoms with E-state index in [9.17, 15) is 4.79 Å². The number of carbonyl (C=O) groups excluding carboxylic acids is 1. The molecule has 0 aliphatic carbocycles. The molecule has 7 nitrogen and oxygen atoms in total. The summed E-state index contributed by atoms with van der Waals surface area (Å²) in [6, 6.07) is 8.25. The summed E-state index contributed by atoms with van der Waals surface area (Å²) in [6.45, 7) is 7.49. The van der Waals surface area contributed by atoms with Crippen molar-refractivity contribution < 1.29 is 4.79 Å². The Balaban J connectivity index is 1.76. The van der Waals surface area contributed by atoms with E-state index >= 15 is 0 Å². The Morgan fingerprint density at radius 1 is 1.29 bits per heavy atom. The first kappa shape index (κ1) is 16.4. The van der Waals surface area contributed by atoms with Gasteiger partial charge in [0, 0.05) is 25.0 Å². The highest BCUT2D eigenvalue weighted by Gasteiger charge is 2.26. The number of hydrogen-bond acceptors (Lipinski definition) is 5. The van der Waals surface area contributed by atoms with Gasteiger partial charge in [0.1, 0.15) is 0 Å². The van der Waals surface area contributed by atoms with Crippen LogP contribution in [0.1, 0.15) is 32.3 Å². The summed E-state index contributed by atoms with van der Waals surface area (Å²) in [5, 5.41) is 15.3. The second-order valence-electron chi connectivity index (χ2n) is 6.67. The summed E-state index contributed by atoms with van der Waals surface area (Å²) < 4.78 is 1.76. The van der Waals surface area contributed by atoms with Crippen LogP contribution in [0, 0.1) is 12.8 Å². The first-order valence-electron chi connectivity index (χ1n) is 8.45. The highest BCUT2D eigenvalue weighted by molar-refractivity contribution is 5.78. The van der Waals surface area contributed by atoms with Crippen molar-refractivity contribution in [3.05, 3.63) is 29.8 Å². The number of amides is 1. The van der Waals surface area contributed by atoms with Crippen LogP contribution in [-0.4, -0.2) is 45.2 Å². The van der Waals surface area contributed by atoms with Gasteiger partial charge in [-0.25, -0.2) is 0 Å². The molecule has 1 N–H and O–H groups in total. The average molecular weight is 328 g/mol. The van der Waals surface area contributed by atoms with E-state index in [1.54, 1.807) is 4.68 Å². The Morgan fingerprint density at radius 3 is 2.75 bits per heavy atom. The molecule has 1 amide bonds. The van der Waals surface area contributed by atoms with Gasteiger partial charge in [0.15, 0.2) is 0 Å². The van der Waals surface area contributed by atoms with E-state index in [4.69, 9.17) is 0 Å². The summed E-state index contributed by atoms with van der Waals surface area (Å²) in [5.74, 6) is 0.820. The Hall–Kier alpha value is -2.44. The predicted octanol–water partition coefficient (Wildman–Crippen LogP) is 1.71. The molecule has 1 saturated heterocycles. The fourth-order valence-electron chi connectivity index (χ4n) is 2.88. The van der Waals surface area contributed by atoms with E-state index in [1.807, 2.05) is 38.1 Å². The van der Waals surface area contributed by atoms with Crippen molar-refractivity contribution in [2.24, 2.45) is 5.92 Å². The van der Waals surface area contributed by atoms with Gasteiger partial charge >= 0.3 is 0 Å². The second-order valence-corrected chi connectivity index (χ2v) is 6.67. The van der Waals surface area contributed by atoms with Gasteiger partial charge in [-0.05, 0) is 42.3 Å². The van der Waals surface area contributed by atoms with E-state index in [2.05, 4.69) is 32.7 Å². The molecule has 128 valence electrons. The number of aromatic nitrogens is 4. The van der Waals surface area contributed by atoms with Gasteiger partial charge < -0.3 is 10.2 Å². The minimum absolute atomic E-state index is 0.00162. The van der Waals surface area contributed by atoms with Gasteiger partial charge in [0.2, 0.25) is 11.9 Å². The van der Waals surface area contributed by atoms with Crippen molar-refractivity contribution in [1.82, 2.24) is 25.5 Å². The molecule has 1 fully saturated rings. The van der Waals surface area contributed by atoms with Crippen LogP contribution in [0.4, 0.5) is 5.95 Å². The Morgan fingerprint density at radius 2 is 2.04 bits per heavy atom. The zero-order chi connectivity index (χ0) is 17.1. The molecule has 0 spiro atoms. The number of rotatable bonds is 4. The maximum absolute atomic E-state index is 11.9. The Labute approximate surface area is 142 Å². The molecule has 0 radical (unpaired) electrons. The largest absolute Gasteiger partial charge is 0.351 e. The lowest BCUT2D eigenvalue weighted by Gasteiger charge is -2.33. The van der Waals surface area contributed by atoms with E-state index in [-0.39, 0.29) is 17.9 Å². The Kier molecular flexibility index (Phi) is 4.78. The number of aryl methyl sites for hydroxylation is 1. The fraction of sp³-hybridized carbons (Fsp3) is 0.529. The smallest absolute Gasteiger partial charge is 0.250 e. The van der Waals surface area contributed by atoms with Crippen LogP contribution in [-0.2, 0) is 4.79 Å². The van der Waals surface area contributed by atoms with Gasteiger partial charge in [0.25, 0.3) is 0 Å².